The van der Waals surface area contributed by atoms with Gasteiger partial charge in [0.1, 0.15) is 0 Å². The Bertz CT molecular complexity index is 675. The van der Waals surface area contributed by atoms with Crippen molar-refractivity contribution >= 4 is 17.6 Å². The molecule has 0 radical (unpaired) electrons. The molecule has 146 valence electrons. The van der Waals surface area contributed by atoms with Gasteiger partial charge in [-0.2, -0.15) is 0 Å². The first kappa shape index (κ1) is 18.5. The van der Waals surface area contributed by atoms with Gasteiger partial charge in [-0.3, -0.25) is 4.79 Å². The average Bonchev–Trinajstić information content (AvgIpc) is 2.59. The third-order valence-corrected chi connectivity index (χ3v) is 6.55. The number of rotatable bonds is 6. The first-order chi connectivity index (χ1) is 12.9. The van der Waals surface area contributed by atoms with Crippen LogP contribution < -0.4 is 10.6 Å². The van der Waals surface area contributed by atoms with Crippen molar-refractivity contribution in [2.75, 3.05) is 11.9 Å². The van der Waals surface area contributed by atoms with Gasteiger partial charge in [0, 0.05) is 24.9 Å². The Labute approximate surface area is 161 Å². The molecule has 3 N–H and O–H groups in total. The van der Waals surface area contributed by atoms with Crippen LogP contribution in [0.15, 0.2) is 24.3 Å². The van der Waals surface area contributed by atoms with Crippen molar-refractivity contribution in [3.63, 3.8) is 0 Å². The van der Waals surface area contributed by atoms with Gasteiger partial charge >= 0.3 is 5.97 Å². The van der Waals surface area contributed by atoms with Crippen LogP contribution in [0.5, 0.6) is 0 Å². The number of nitrogens with two attached hydrogens (primary N) is 1. The molecule has 1 amide bonds. The van der Waals surface area contributed by atoms with E-state index in [1.165, 1.54) is 38.5 Å². The minimum atomic E-state index is -0.335. The molecular weight excluding hydrogens is 340 g/mol. The van der Waals surface area contributed by atoms with Crippen LogP contribution in [0.3, 0.4) is 0 Å². The van der Waals surface area contributed by atoms with Gasteiger partial charge in [-0.25, -0.2) is 4.79 Å². The quantitative estimate of drug-likeness (QED) is 0.755. The van der Waals surface area contributed by atoms with E-state index in [1.54, 1.807) is 24.3 Å². The van der Waals surface area contributed by atoms with Gasteiger partial charge < -0.3 is 15.4 Å². The van der Waals surface area contributed by atoms with Crippen molar-refractivity contribution < 1.29 is 19.6 Å². The number of quaternary nitrogens is 1. The number of benzene rings is 1. The van der Waals surface area contributed by atoms with E-state index in [2.05, 4.69) is 10.6 Å². The molecule has 27 heavy (non-hydrogen) atoms. The summed E-state index contributed by atoms with van der Waals surface area (Å²) in [6, 6.07) is 6.92. The van der Waals surface area contributed by atoms with Crippen LogP contribution in [-0.2, 0) is 9.53 Å². The van der Waals surface area contributed by atoms with Crippen LogP contribution in [-0.4, -0.2) is 30.1 Å². The summed E-state index contributed by atoms with van der Waals surface area (Å²) in [7, 11) is 0. The van der Waals surface area contributed by atoms with E-state index in [0.29, 0.717) is 17.6 Å². The third kappa shape index (κ3) is 4.18. The number of carbonyl (C=O) groups excluding carboxylic acids is 2. The fraction of sp³-hybridized carbons (Fsp3) is 0.636. The topological polar surface area (TPSA) is 72.0 Å². The zero-order valence-electron chi connectivity index (χ0n) is 16.4. The van der Waals surface area contributed by atoms with E-state index >= 15 is 0 Å². The molecule has 5 nitrogen and oxygen atoms in total. The number of amides is 1. The van der Waals surface area contributed by atoms with Crippen LogP contribution in [0, 0.1) is 17.8 Å². The molecule has 4 bridgehead atoms. The van der Waals surface area contributed by atoms with Gasteiger partial charge in [-0.15, -0.1) is 0 Å². The molecule has 4 aliphatic rings. The largest absolute Gasteiger partial charge is 0.459 e. The smallest absolute Gasteiger partial charge is 0.338 e. The van der Waals surface area contributed by atoms with Gasteiger partial charge in [0.25, 0.3) is 5.91 Å². The Kier molecular flexibility index (Phi) is 4.97. The summed E-state index contributed by atoms with van der Waals surface area (Å²) >= 11 is 0. The van der Waals surface area contributed by atoms with Gasteiger partial charge in [-0.1, -0.05) is 0 Å². The van der Waals surface area contributed by atoms with E-state index in [0.717, 1.165) is 23.4 Å². The fourth-order valence-electron chi connectivity index (χ4n) is 5.92. The predicted molar refractivity (Wildman–Crippen MR) is 103 cm³/mol. The van der Waals surface area contributed by atoms with Crippen molar-refractivity contribution in [3.8, 4) is 0 Å². The van der Waals surface area contributed by atoms with Crippen LogP contribution in [0.1, 0.15) is 62.7 Å². The Morgan fingerprint density at radius 2 is 1.63 bits per heavy atom. The second kappa shape index (κ2) is 7.27. The Balaban J connectivity index is 1.29. The molecule has 1 aromatic carbocycles. The number of nitrogens with one attached hydrogen (secondary N) is 1. The lowest BCUT2D eigenvalue weighted by molar-refractivity contribution is -0.729. The number of carbonyl (C=O) groups is 2. The lowest BCUT2D eigenvalue weighted by Crippen LogP contribution is -3.00. The van der Waals surface area contributed by atoms with E-state index in [9.17, 15) is 9.59 Å². The molecule has 1 aromatic rings. The summed E-state index contributed by atoms with van der Waals surface area (Å²) in [6.07, 6.45) is 7.99. The number of ether oxygens (including phenoxy) is 1. The van der Waals surface area contributed by atoms with Gasteiger partial charge in [-0.05, 0) is 75.1 Å². The van der Waals surface area contributed by atoms with Crippen molar-refractivity contribution in [1.82, 2.24) is 0 Å². The van der Waals surface area contributed by atoms with Crippen LogP contribution >= 0.6 is 0 Å². The highest BCUT2D eigenvalue weighted by molar-refractivity contribution is 5.93. The maximum absolute atomic E-state index is 12.4. The van der Waals surface area contributed by atoms with Crippen LogP contribution in [0.25, 0.3) is 0 Å². The molecule has 0 aromatic heterocycles. The first-order valence-electron chi connectivity index (χ1n) is 10.4. The normalized spacial score (nSPS) is 31.1. The van der Waals surface area contributed by atoms with Crippen LogP contribution in [0.2, 0.25) is 0 Å². The molecule has 5 heteroatoms. The Hall–Kier alpha value is -1.88. The number of anilines is 1. The second-order valence-corrected chi connectivity index (χ2v) is 9.27. The van der Waals surface area contributed by atoms with Gasteiger partial charge in [0.05, 0.1) is 17.2 Å². The SMILES string of the molecule is CC(C)OC(=O)c1ccc(NC(=O)C[NH2+]C23CC4CC(CC(C4)C2)C3)cc1. The number of esters is 1. The summed E-state index contributed by atoms with van der Waals surface area (Å²) in [4.78, 5) is 24.3. The molecule has 0 spiro atoms. The summed E-state index contributed by atoms with van der Waals surface area (Å²) in [5.41, 5.74) is 1.54. The molecule has 4 aliphatic carbocycles. The third-order valence-electron chi connectivity index (χ3n) is 6.55. The summed E-state index contributed by atoms with van der Waals surface area (Å²) in [6.45, 7) is 4.13. The monoisotopic (exact) mass is 371 g/mol. The highest BCUT2D eigenvalue weighted by Gasteiger charge is 2.53. The van der Waals surface area contributed by atoms with E-state index in [1.807, 2.05) is 13.8 Å². The molecule has 5 rings (SSSR count). The van der Waals surface area contributed by atoms with E-state index in [4.69, 9.17) is 4.74 Å². The van der Waals surface area contributed by atoms with E-state index in [-0.39, 0.29) is 18.0 Å². The molecule has 0 heterocycles. The molecule has 0 aliphatic heterocycles. The minimum absolute atomic E-state index is 0.0308. The highest BCUT2D eigenvalue weighted by atomic mass is 16.5. The Morgan fingerprint density at radius 1 is 1.07 bits per heavy atom. The van der Waals surface area contributed by atoms with Crippen molar-refractivity contribution in [3.05, 3.63) is 29.8 Å². The average molecular weight is 372 g/mol. The molecule has 0 unspecified atom stereocenters. The van der Waals surface area contributed by atoms with E-state index < -0.39 is 0 Å². The van der Waals surface area contributed by atoms with Crippen LogP contribution in [0.4, 0.5) is 5.69 Å². The summed E-state index contributed by atoms with van der Waals surface area (Å²) in [5.74, 6) is 2.39. The predicted octanol–water partition coefficient (Wildman–Crippen LogP) is 2.72. The van der Waals surface area contributed by atoms with Crippen molar-refractivity contribution in [2.24, 2.45) is 17.8 Å². The molecule has 0 saturated heterocycles. The Morgan fingerprint density at radius 3 is 2.15 bits per heavy atom. The fourth-order valence-corrected chi connectivity index (χ4v) is 5.92. The molecule has 4 fully saturated rings. The zero-order chi connectivity index (χ0) is 19.0. The first-order valence-corrected chi connectivity index (χ1v) is 10.4. The zero-order valence-corrected chi connectivity index (χ0v) is 16.4. The molecule has 0 atom stereocenters. The maximum atomic E-state index is 12.4. The second-order valence-electron chi connectivity index (χ2n) is 9.27. The molecular formula is C22H31N2O3+. The van der Waals surface area contributed by atoms with Gasteiger partial charge in [0.2, 0.25) is 0 Å². The van der Waals surface area contributed by atoms with Gasteiger partial charge in [0.15, 0.2) is 6.54 Å². The summed E-state index contributed by atoms with van der Waals surface area (Å²) in [5, 5.41) is 5.28. The number of hydrogen-bond acceptors (Lipinski definition) is 3. The lowest BCUT2D eigenvalue weighted by Gasteiger charge is -2.54. The van der Waals surface area contributed by atoms with Crippen molar-refractivity contribution in [1.29, 1.82) is 0 Å². The molecule has 4 saturated carbocycles. The standard InChI is InChI=1S/C22H30N2O3/c1-14(2)27-21(26)18-3-5-19(6-4-18)24-20(25)13-23-22-10-15-7-16(11-22)9-17(8-15)12-22/h3-6,14-17,23H,7-13H2,1-2H3,(H,24,25)/p+1. The lowest BCUT2D eigenvalue weighted by atomic mass is 9.53. The summed E-state index contributed by atoms with van der Waals surface area (Å²) < 4.78 is 5.18. The number of hydrogen-bond donors (Lipinski definition) is 2. The maximum Gasteiger partial charge on any atom is 0.338 e. The van der Waals surface area contributed by atoms with Crippen molar-refractivity contribution in [2.45, 2.75) is 64.0 Å². The highest BCUT2D eigenvalue weighted by Crippen LogP contribution is 2.54. The minimum Gasteiger partial charge on any atom is -0.459 e.